The van der Waals surface area contributed by atoms with Crippen LogP contribution in [0.4, 0.5) is 10.1 Å². The third-order valence-corrected chi connectivity index (χ3v) is 3.99. The molecule has 0 aliphatic carbocycles. The van der Waals surface area contributed by atoms with Crippen LogP contribution >= 0.6 is 0 Å². The second-order valence-corrected chi connectivity index (χ2v) is 5.35. The minimum atomic E-state index is -0.147. The molecule has 2 aromatic rings. The molecule has 0 radical (unpaired) electrons. The number of nitrogens with zero attached hydrogens (tertiary/aromatic N) is 2. The number of guanidine groups is 1. The fraction of sp³-hybridized carbons (Fsp3) is 0.278. The molecule has 1 heterocycles. The molecule has 4 heteroatoms. The number of fused-ring (bicyclic) bond motifs is 1. The van der Waals surface area contributed by atoms with Gasteiger partial charge in [-0.1, -0.05) is 36.4 Å². The molecule has 0 atom stereocenters. The summed E-state index contributed by atoms with van der Waals surface area (Å²) in [5.41, 5.74) is 3.29. The number of benzene rings is 2. The Bertz CT molecular complexity index is 682. The summed E-state index contributed by atoms with van der Waals surface area (Å²) >= 11 is 0. The number of nitrogens with one attached hydrogen (secondary N) is 1. The van der Waals surface area contributed by atoms with Crippen LogP contribution in [0, 0.1) is 5.82 Å². The van der Waals surface area contributed by atoms with Crippen LogP contribution in [-0.4, -0.2) is 26.1 Å². The van der Waals surface area contributed by atoms with E-state index in [0.29, 0.717) is 13.0 Å². The maximum atomic E-state index is 13.6. The lowest BCUT2D eigenvalue weighted by Crippen LogP contribution is -2.41. The standard InChI is InChI=1S/C18H20FN3/c1-20-18(21-12-10-14-6-2-4-8-16(14)19)22-13-11-15-7-3-5-9-17(15)22/h2-9H,10-13H2,1H3,(H,20,21). The number of aliphatic imine (C=N–C) groups is 1. The number of hydrogen-bond donors (Lipinski definition) is 1. The summed E-state index contributed by atoms with van der Waals surface area (Å²) in [6.45, 7) is 1.59. The normalized spacial score (nSPS) is 14.1. The maximum Gasteiger partial charge on any atom is 0.198 e. The van der Waals surface area contributed by atoms with Gasteiger partial charge in [-0.25, -0.2) is 4.39 Å². The van der Waals surface area contributed by atoms with E-state index in [9.17, 15) is 4.39 Å². The Labute approximate surface area is 130 Å². The molecule has 0 bridgehead atoms. The minimum Gasteiger partial charge on any atom is -0.356 e. The lowest BCUT2D eigenvalue weighted by molar-refractivity contribution is 0.607. The van der Waals surface area contributed by atoms with E-state index >= 15 is 0 Å². The predicted molar refractivity (Wildman–Crippen MR) is 89.0 cm³/mol. The maximum absolute atomic E-state index is 13.6. The summed E-state index contributed by atoms with van der Waals surface area (Å²) in [6.07, 6.45) is 1.67. The molecule has 3 nitrogen and oxygen atoms in total. The first-order valence-corrected chi connectivity index (χ1v) is 7.59. The molecule has 2 aromatic carbocycles. The van der Waals surface area contributed by atoms with Crippen LogP contribution in [0.1, 0.15) is 11.1 Å². The van der Waals surface area contributed by atoms with E-state index in [1.807, 2.05) is 18.2 Å². The van der Waals surface area contributed by atoms with Crippen molar-refractivity contribution in [3.63, 3.8) is 0 Å². The van der Waals surface area contributed by atoms with Gasteiger partial charge in [0.25, 0.3) is 0 Å². The molecule has 0 saturated heterocycles. The van der Waals surface area contributed by atoms with Crippen LogP contribution in [0.15, 0.2) is 53.5 Å². The Morgan fingerprint density at radius 2 is 1.95 bits per heavy atom. The minimum absolute atomic E-state index is 0.147. The van der Waals surface area contributed by atoms with E-state index in [-0.39, 0.29) is 5.82 Å². The van der Waals surface area contributed by atoms with E-state index in [1.54, 1.807) is 13.1 Å². The van der Waals surface area contributed by atoms with Crippen LogP contribution < -0.4 is 10.2 Å². The molecule has 0 spiro atoms. The molecule has 0 fully saturated rings. The van der Waals surface area contributed by atoms with Gasteiger partial charge < -0.3 is 10.2 Å². The predicted octanol–water partition coefficient (Wildman–Crippen LogP) is 3.01. The third-order valence-electron chi connectivity index (χ3n) is 3.99. The fourth-order valence-corrected chi connectivity index (χ4v) is 2.86. The number of rotatable bonds is 3. The quantitative estimate of drug-likeness (QED) is 0.696. The SMILES string of the molecule is CN=C(NCCc1ccccc1F)N1CCc2ccccc21. The van der Waals surface area contributed by atoms with Crippen molar-refractivity contribution < 1.29 is 4.39 Å². The smallest absolute Gasteiger partial charge is 0.198 e. The van der Waals surface area contributed by atoms with Gasteiger partial charge >= 0.3 is 0 Å². The van der Waals surface area contributed by atoms with Crippen molar-refractivity contribution in [2.75, 3.05) is 25.0 Å². The second-order valence-electron chi connectivity index (χ2n) is 5.35. The summed E-state index contributed by atoms with van der Waals surface area (Å²) in [5, 5.41) is 3.34. The van der Waals surface area contributed by atoms with E-state index in [1.165, 1.54) is 17.3 Å². The van der Waals surface area contributed by atoms with Crippen molar-refractivity contribution in [2.45, 2.75) is 12.8 Å². The molecule has 1 N–H and O–H groups in total. The molecular formula is C18H20FN3. The summed E-state index contributed by atoms with van der Waals surface area (Å²) in [5.74, 6) is 0.701. The van der Waals surface area contributed by atoms with Gasteiger partial charge in [-0.15, -0.1) is 0 Å². The van der Waals surface area contributed by atoms with Crippen molar-refractivity contribution in [1.29, 1.82) is 0 Å². The fourth-order valence-electron chi connectivity index (χ4n) is 2.86. The molecule has 0 aromatic heterocycles. The molecule has 0 unspecified atom stereocenters. The Balaban J connectivity index is 1.63. The lowest BCUT2D eigenvalue weighted by Gasteiger charge is -2.22. The summed E-state index contributed by atoms with van der Waals surface area (Å²) in [7, 11) is 1.78. The van der Waals surface area contributed by atoms with E-state index < -0.39 is 0 Å². The van der Waals surface area contributed by atoms with Gasteiger partial charge in [0.1, 0.15) is 5.82 Å². The van der Waals surface area contributed by atoms with E-state index in [0.717, 1.165) is 24.5 Å². The lowest BCUT2D eigenvalue weighted by atomic mass is 10.1. The first kappa shape index (κ1) is 14.6. The molecule has 1 aliphatic heterocycles. The average molecular weight is 297 g/mol. The van der Waals surface area contributed by atoms with Crippen LogP contribution in [-0.2, 0) is 12.8 Å². The zero-order valence-corrected chi connectivity index (χ0v) is 12.7. The molecular weight excluding hydrogens is 277 g/mol. The van der Waals surface area contributed by atoms with Crippen LogP contribution in [0.5, 0.6) is 0 Å². The van der Waals surface area contributed by atoms with Crippen molar-refractivity contribution in [3.05, 3.63) is 65.5 Å². The highest BCUT2D eigenvalue weighted by Gasteiger charge is 2.22. The topological polar surface area (TPSA) is 27.6 Å². The molecule has 0 saturated carbocycles. The molecule has 0 amide bonds. The highest BCUT2D eigenvalue weighted by Crippen LogP contribution is 2.27. The highest BCUT2D eigenvalue weighted by atomic mass is 19.1. The van der Waals surface area contributed by atoms with Gasteiger partial charge in [0.05, 0.1) is 0 Å². The number of halogens is 1. The van der Waals surface area contributed by atoms with Crippen LogP contribution in [0.3, 0.4) is 0 Å². The largest absolute Gasteiger partial charge is 0.356 e. The van der Waals surface area contributed by atoms with Gasteiger partial charge in [0, 0.05) is 25.8 Å². The van der Waals surface area contributed by atoms with Gasteiger partial charge in [0.2, 0.25) is 0 Å². The van der Waals surface area contributed by atoms with Gasteiger partial charge in [0.15, 0.2) is 5.96 Å². The second kappa shape index (κ2) is 6.60. The van der Waals surface area contributed by atoms with Gasteiger partial charge in [-0.3, -0.25) is 4.99 Å². The number of para-hydroxylation sites is 1. The van der Waals surface area contributed by atoms with Crippen molar-refractivity contribution in [3.8, 4) is 0 Å². The summed E-state index contributed by atoms with van der Waals surface area (Å²) in [6, 6.07) is 15.3. The summed E-state index contributed by atoms with van der Waals surface area (Å²) < 4.78 is 13.6. The zero-order valence-electron chi connectivity index (χ0n) is 12.7. The monoisotopic (exact) mass is 297 g/mol. The van der Waals surface area contributed by atoms with Crippen LogP contribution in [0.25, 0.3) is 0 Å². The van der Waals surface area contributed by atoms with Crippen molar-refractivity contribution in [1.82, 2.24) is 5.32 Å². The molecule has 114 valence electrons. The Morgan fingerprint density at radius 3 is 2.77 bits per heavy atom. The van der Waals surface area contributed by atoms with E-state index in [2.05, 4.69) is 33.4 Å². The third kappa shape index (κ3) is 2.96. The highest BCUT2D eigenvalue weighted by molar-refractivity contribution is 5.97. The summed E-state index contributed by atoms with van der Waals surface area (Å²) in [4.78, 5) is 6.55. The Kier molecular flexibility index (Phi) is 4.37. The molecule has 22 heavy (non-hydrogen) atoms. The number of hydrogen-bond acceptors (Lipinski definition) is 1. The van der Waals surface area contributed by atoms with Gasteiger partial charge in [-0.2, -0.15) is 0 Å². The molecule has 1 aliphatic rings. The first-order chi connectivity index (χ1) is 10.8. The van der Waals surface area contributed by atoms with Crippen LogP contribution in [0.2, 0.25) is 0 Å². The first-order valence-electron chi connectivity index (χ1n) is 7.59. The Hall–Kier alpha value is -2.36. The van der Waals surface area contributed by atoms with Crippen molar-refractivity contribution >= 4 is 11.6 Å². The molecule has 3 rings (SSSR count). The van der Waals surface area contributed by atoms with Crippen molar-refractivity contribution in [2.24, 2.45) is 4.99 Å². The zero-order chi connectivity index (χ0) is 15.4. The van der Waals surface area contributed by atoms with E-state index in [4.69, 9.17) is 0 Å². The number of anilines is 1. The van der Waals surface area contributed by atoms with Gasteiger partial charge in [-0.05, 0) is 36.1 Å². The average Bonchev–Trinajstić information content (AvgIpc) is 2.97. The Morgan fingerprint density at radius 1 is 1.18 bits per heavy atom.